The largest absolute Gasteiger partial charge is 0.507 e. The van der Waals surface area contributed by atoms with E-state index in [-0.39, 0.29) is 5.75 Å². The highest BCUT2D eigenvalue weighted by Crippen LogP contribution is 2.29. The number of aryl methyl sites for hydroxylation is 1. The molecule has 1 fully saturated rings. The number of piperidine rings is 1. The molecule has 0 aliphatic carbocycles. The number of aromatic nitrogens is 2. The third kappa shape index (κ3) is 3.59. The van der Waals surface area contributed by atoms with Crippen molar-refractivity contribution in [3.63, 3.8) is 0 Å². The fourth-order valence-corrected chi connectivity index (χ4v) is 2.96. The highest BCUT2D eigenvalue weighted by molar-refractivity contribution is 5.68. The van der Waals surface area contributed by atoms with Crippen molar-refractivity contribution in [2.75, 3.05) is 25.5 Å². The first kappa shape index (κ1) is 15.7. The zero-order valence-corrected chi connectivity index (χ0v) is 13.4. The number of anilines is 1. The van der Waals surface area contributed by atoms with Crippen LogP contribution in [-0.2, 0) is 0 Å². The van der Waals surface area contributed by atoms with E-state index in [1.807, 2.05) is 13.0 Å². The van der Waals surface area contributed by atoms with Crippen molar-refractivity contribution in [3.05, 3.63) is 35.6 Å². The number of nitrogens with one attached hydrogen (secondary N) is 1. The minimum Gasteiger partial charge on any atom is -0.507 e. The van der Waals surface area contributed by atoms with Gasteiger partial charge in [-0.1, -0.05) is 0 Å². The van der Waals surface area contributed by atoms with Crippen molar-refractivity contribution in [1.29, 1.82) is 0 Å². The number of benzene rings is 1. The van der Waals surface area contributed by atoms with Gasteiger partial charge in [-0.2, -0.15) is 0 Å². The summed E-state index contributed by atoms with van der Waals surface area (Å²) in [5, 5.41) is 21.7. The van der Waals surface area contributed by atoms with Crippen molar-refractivity contribution < 1.29 is 9.50 Å². The van der Waals surface area contributed by atoms with Crippen LogP contribution < -0.4 is 5.32 Å². The molecule has 1 aromatic carbocycles. The van der Waals surface area contributed by atoms with Crippen molar-refractivity contribution in [3.8, 4) is 17.0 Å². The molecule has 0 amide bonds. The van der Waals surface area contributed by atoms with Crippen LogP contribution >= 0.6 is 0 Å². The molecule has 2 heterocycles. The summed E-state index contributed by atoms with van der Waals surface area (Å²) < 4.78 is 13.1. The van der Waals surface area contributed by atoms with E-state index in [1.54, 1.807) is 0 Å². The van der Waals surface area contributed by atoms with Gasteiger partial charge in [0.15, 0.2) is 5.82 Å². The van der Waals surface area contributed by atoms with Crippen LogP contribution in [0.25, 0.3) is 11.3 Å². The molecule has 1 saturated heterocycles. The average molecular weight is 316 g/mol. The maximum Gasteiger partial charge on any atom is 0.151 e. The fraction of sp³-hybridized carbons (Fsp3) is 0.412. The number of hydrogen-bond acceptors (Lipinski definition) is 5. The molecule has 2 aromatic rings. The average Bonchev–Trinajstić information content (AvgIpc) is 2.49. The van der Waals surface area contributed by atoms with Gasteiger partial charge in [0.05, 0.1) is 5.69 Å². The van der Waals surface area contributed by atoms with Crippen molar-refractivity contribution >= 4 is 5.82 Å². The summed E-state index contributed by atoms with van der Waals surface area (Å²) in [6, 6.07) is 6.12. The maximum atomic E-state index is 13.1. The lowest BCUT2D eigenvalue weighted by molar-refractivity contribution is 0.260. The summed E-state index contributed by atoms with van der Waals surface area (Å²) in [6.45, 7) is 4.07. The lowest BCUT2D eigenvalue weighted by atomic mass is 10.1. The first-order valence-corrected chi connectivity index (χ1v) is 7.81. The Bertz CT molecular complexity index is 707. The summed E-state index contributed by atoms with van der Waals surface area (Å²) in [5.74, 6) is 0.152. The van der Waals surface area contributed by atoms with Gasteiger partial charge in [0.1, 0.15) is 11.6 Å². The summed E-state index contributed by atoms with van der Waals surface area (Å²) >= 11 is 0. The topological polar surface area (TPSA) is 61.3 Å². The number of halogens is 1. The fourth-order valence-electron chi connectivity index (χ4n) is 2.96. The van der Waals surface area contributed by atoms with Crippen LogP contribution in [0.2, 0.25) is 0 Å². The third-order valence-corrected chi connectivity index (χ3v) is 4.19. The SMILES string of the molecule is Cc1cc(-c2ccc(F)cc2O)nnc1N[C@@H]1CCCN(C)C1. The quantitative estimate of drug-likeness (QED) is 0.912. The monoisotopic (exact) mass is 316 g/mol. The molecule has 1 aromatic heterocycles. The molecule has 2 N–H and O–H groups in total. The lowest BCUT2D eigenvalue weighted by Gasteiger charge is -2.30. The Kier molecular flexibility index (Phi) is 4.43. The summed E-state index contributed by atoms with van der Waals surface area (Å²) in [4.78, 5) is 2.30. The first-order chi connectivity index (χ1) is 11.0. The molecular weight excluding hydrogens is 295 g/mol. The van der Waals surface area contributed by atoms with Crippen LogP contribution in [0.15, 0.2) is 24.3 Å². The Morgan fingerprint density at radius 2 is 2.13 bits per heavy atom. The second-order valence-corrected chi connectivity index (χ2v) is 6.17. The molecule has 6 heteroatoms. The van der Waals surface area contributed by atoms with Crippen LogP contribution in [-0.4, -0.2) is 46.4 Å². The lowest BCUT2D eigenvalue weighted by Crippen LogP contribution is -2.40. The molecule has 23 heavy (non-hydrogen) atoms. The Morgan fingerprint density at radius 3 is 2.83 bits per heavy atom. The van der Waals surface area contributed by atoms with E-state index < -0.39 is 5.82 Å². The van der Waals surface area contributed by atoms with E-state index in [9.17, 15) is 9.50 Å². The van der Waals surface area contributed by atoms with E-state index in [1.165, 1.54) is 18.6 Å². The van der Waals surface area contributed by atoms with E-state index in [4.69, 9.17) is 0 Å². The summed E-state index contributed by atoms with van der Waals surface area (Å²) in [7, 11) is 2.12. The van der Waals surface area contributed by atoms with Crippen LogP contribution in [0.4, 0.5) is 10.2 Å². The molecule has 0 saturated carbocycles. The molecule has 5 nitrogen and oxygen atoms in total. The number of rotatable bonds is 3. The molecule has 0 radical (unpaired) electrons. The first-order valence-electron chi connectivity index (χ1n) is 7.81. The molecule has 1 atom stereocenters. The van der Waals surface area contributed by atoms with E-state index in [2.05, 4.69) is 27.5 Å². The van der Waals surface area contributed by atoms with Crippen molar-refractivity contribution in [2.24, 2.45) is 0 Å². The second kappa shape index (κ2) is 6.50. The van der Waals surface area contributed by atoms with E-state index >= 15 is 0 Å². The van der Waals surface area contributed by atoms with Gasteiger partial charge < -0.3 is 15.3 Å². The van der Waals surface area contributed by atoms with E-state index in [0.717, 1.165) is 37.0 Å². The molecule has 1 aliphatic heterocycles. The maximum absolute atomic E-state index is 13.1. The molecule has 3 rings (SSSR count). The van der Waals surface area contributed by atoms with Gasteiger partial charge in [-0.15, -0.1) is 10.2 Å². The van der Waals surface area contributed by atoms with Crippen LogP contribution in [0, 0.1) is 12.7 Å². The normalized spacial score (nSPS) is 18.8. The molecule has 0 unspecified atom stereocenters. The Balaban J connectivity index is 1.80. The number of aromatic hydroxyl groups is 1. The van der Waals surface area contributed by atoms with Gasteiger partial charge in [-0.05, 0) is 57.1 Å². The highest BCUT2D eigenvalue weighted by atomic mass is 19.1. The van der Waals surface area contributed by atoms with Crippen molar-refractivity contribution in [2.45, 2.75) is 25.8 Å². The molecule has 0 bridgehead atoms. The third-order valence-electron chi connectivity index (χ3n) is 4.19. The number of likely N-dealkylation sites (N-methyl/N-ethyl adjacent to an activating group) is 1. The Labute approximate surface area is 135 Å². The number of likely N-dealkylation sites (tertiary alicyclic amines) is 1. The predicted molar refractivity (Wildman–Crippen MR) is 88.0 cm³/mol. The van der Waals surface area contributed by atoms with Crippen LogP contribution in [0.1, 0.15) is 18.4 Å². The van der Waals surface area contributed by atoms with Gasteiger partial charge in [0.25, 0.3) is 0 Å². The summed E-state index contributed by atoms with van der Waals surface area (Å²) in [6.07, 6.45) is 2.29. The highest BCUT2D eigenvalue weighted by Gasteiger charge is 2.18. The molecular formula is C17H21FN4O. The number of nitrogens with zero attached hydrogens (tertiary/aromatic N) is 3. The predicted octanol–water partition coefficient (Wildman–Crippen LogP) is 2.80. The van der Waals surface area contributed by atoms with Crippen LogP contribution in [0.5, 0.6) is 5.75 Å². The van der Waals surface area contributed by atoms with Crippen molar-refractivity contribution in [1.82, 2.24) is 15.1 Å². The standard InChI is InChI=1S/C17H21FN4O/c1-11-8-15(14-6-5-12(18)9-16(14)23)20-21-17(11)19-13-4-3-7-22(2)10-13/h5-6,8-9,13,23H,3-4,7,10H2,1-2H3,(H,19,21)/t13-/m1/s1. The van der Waals surface area contributed by atoms with Crippen LogP contribution in [0.3, 0.4) is 0 Å². The second-order valence-electron chi connectivity index (χ2n) is 6.17. The van der Waals surface area contributed by atoms with E-state index in [0.29, 0.717) is 17.3 Å². The Hall–Kier alpha value is -2.21. The van der Waals surface area contributed by atoms with Gasteiger partial charge in [-0.3, -0.25) is 0 Å². The van der Waals surface area contributed by atoms with Gasteiger partial charge in [-0.25, -0.2) is 4.39 Å². The molecule has 122 valence electrons. The summed E-state index contributed by atoms with van der Waals surface area (Å²) in [5.41, 5.74) is 1.96. The number of phenolic OH excluding ortho intramolecular Hbond substituents is 1. The van der Waals surface area contributed by atoms with Gasteiger partial charge >= 0.3 is 0 Å². The molecule has 1 aliphatic rings. The minimum absolute atomic E-state index is 0.131. The zero-order valence-electron chi connectivity index (χ0n) is 13.4. The number of hydrogen-bond donors (Lipinski definition) is 2. The molecule has 0 spiro atoms. The minimum atomic E-state index is -0.476. The van der Waals surface area contributed by atoms with Gasteiger partial charge in [0, 0.05) is 24.2 Å². The zero-order chi connectivity index (χ0) is 16.4. The number of phenols is 1. The Morgan fingerprint density at radius 1 is 1.30 bits per heavy atom. The smallest absolute Gasteiger partial charge is 0.151 e. The van der Waals surface area contributed by atoms with Gasteiger partial charge in [0.2, 0.25) is 0 Å².